The Bertz CT molecular complexity index is 671. The molecule has 2 rings (SSSR count). The molecule has 0 aliphatic heterocycles. The van der Waals surface area contributed by atoms with Gasteiger partial charge in [-0.2, -0.15) is 0 Å². The number of ether oxygens (including phenoxy) is 2. The lowest BCUT2D eigenvalue weighted by Gasteiger charge is -2.25. The molecule has 0 aliphatic carbocycles. The number of methoxy groups -OCH3 is 2. The fourth-order valence-electron chi connectivity index (χ4n) is 2.30. The number of hydrogen-bond donors (Lipinski definition) is 1. The highest BCUT2D eigenvalue weighted by Gasteiger charge is 2.13. The summed E-state index contributed by atoms with van der Waals surface area (Å²) in [7, 11) is 5.10. The average Bonchev–Trinajstić information content (AvgIpc) is 2.59. The van der Waals surface area contributed by atoms with Crippen LogP contribution in [0, 0.1) is 6.92 Å². The van der Waals surface area contributed by atoms with Gasteiger partial charge in [-0.3, -0.25) is 0 Å². The van der Waals surface area contributed by atoms with Gasteiger partial charge in [-0.25, -0.2) is 0 Å². The smallest absolute Gasteiger partial charge is 0.173 e. The summed E-state index contributed by atoms with van der Waals surface area (Å²) in [6, 6.07) is 14.2. The first-order chi connectivity index (χ1) is 11.1. The molecule has 0 bridgehead atoms. The predicted octanol–water partition coefficient (Wildman–Crippen LogP) is 3.52. The van der Waals surface area contributed by atoms with E-state index in [1.54, 1.807) is 14.2 Å². The van der Waals surface area contributed by atoms with Crippen LogP contribution in [0.5, 0.6) is 11.5 Å². The van der Waals surface area contributed by atoms with Crippen LogP contribution in [0.4, 0.5) is 5.69 Å². The summed E-state index contributed by atoms with van der Waals surface area (Å²) >= 11 is 5.46. The van der Waals surface area contributed by atoms with Gasteiger partial charge in [-0.05, 0) is 49.0 Å². The lowest BCUT2D eigenvalue weighted by molar-refractivity contribution is 0.354. The van der Waals surface area contributed by atoms with Crippen molar-refractivity contribution in [2.75, 3.05) is 26.2 Å². The van der Waals surface area contributed by atoms with E-state index >= 15 is 0 Å². The normalized spacial score (nSPS) is 10.1. The molecule has 1 N–H and O–H groups in total. The van der Waals surface area contributed by atoms with Crippen LogP contribution < -0.4 is 19.7 Å². The Balaban J connectivity index is 2.31. The number of anilines is 1. The van der Waals surface area contributed by atoms with Gasteiger partial charge < -0.3 is 19.7 Å². The number of nitrogens with zero attached hydrogens (tertiary/aromatic N) is 1. The van der Waals surface area contributed by atoms with E-state index in [-0.39, 0.29) is 0 Å². The summed E-state index contributed by atoms with van der Waals surface area (Å²) in [6.07, 6.45) is 0. The third-order valence-corrected chi connectivity index (χ3v) is 4.02. The lowest BCUT2D eigenvalue weighted by atomic mass is 10.1. The second kappa shape index (κ2) is 7.83. The first-order valence-corrected chi connectivity index (χ1v) is 7.76. The van der Waals surface area contributed by atoms with Crippen molar-refractivity contribution in [1.82, 2.24) is 5.32 Å². The van der Waals surface area contributed by atoms with Crippen molar-refractivity contribution < 1.29 is 9.47 Å². The maximum absolute atomic E-state index is 5.46. The van der Waals surface area contributed by atoms with Gasteiger partial charge in [0, 0.05) is 12.7 Å². The second-order valence-corrected chi connectivity index (χ2v) is 5.55. The van der Waals surface area contributed by atoms with E-state index in [4.69, 9.17) is 21.7 Å². The van der Waals surface area contributed by atoms with Crippen molar-refractivity contribution in [1.29, 1.82) is 0 Å². The molecule has 0 unspecified atom stereocenters. The standard InChI is InChI=1S/C18H22N2O2S/c1-13-5-8-15(9-6-13)20(18(23)19-2)12-14-7-10-16(21-3)17(11-14)22-4/h5-11H,12H2,1-4H3,(H,19,23). The minimum Gasteiger partial charge on any atom is -0.493 e. The number of hydrogen-bond acceptors (Lipinski definition) is 3. The third-order valence-electron chi connectivity index (χ3n) is 3.59. The molecule has 0 aliphatic rings. The Kier molecular flexibility index (Phi) is 5.82. The molecule has 2 aromatic carbocycles. The van der Waals surface area contributed by atoms with Crippen LogP contribution in [0.2, 0.25) is 0 Å². The highest BCUT2D eigenvalue weighted by molar-refractivity contribution is 7.80. The van der Waals surface area contributed by atoms with Crippen LogP contribution in [0.25, 0.3) is 0 Å². The molecule has 0 amide bonds. The zero-order chi connectivity index (χ0) is 16.8. The maximum Gasteiger partial charge on any atom is 0.173 e. The van der Waals surface area contributed by atoms with Gasteiger partial charge >= 0.3 is 0 Å². The summed E-state index contributed by atoms with van der Waals surface area (Å²) in [5.41, 5.74) is 3.35. The van der Waals surface area contributed by atoms with E-state index < -0.39 is 0 Å². The van der Waals surface area contributed by atoms with Gasteiger partial charge in [-0.15, -0.1) is 0 Å². The largest absolute Gasteiger partial charge is 0.493 e. The van der Waals surface area contributed by atoms with E-state index in [0.29, 0.717) is 23.2 Å². The van der Waals surface area contributed by atoms with Crippen molar-refractivity contribution in [3.8, 4) is 11.5 Å². The van der Waals surface area contributed by atoms with Crippen LogP contribution >= 0.6 is 12.2 Å². The van der Waals surface area contributed by atoms with Crippen molar-refractivity contribution in [2.45, 2.75) is 13.5 Å². The summed E-state index contributed by atoms with van der Waals surface area (Å²) in [6.45, 7) is 2.71. The topological polar surface area (TPSA) is 33.7 Å². The number of rotatable bonds is 5. The van der Waals surface area contributed by atoms with E-state index in [2.05, 4.69) is 41.4 Å². The minimum atomic E-state index is 0.642. The summed E-state index contributed by atoms with van der Waals surface area (Å²) in [5, 5.41) is 3.72. The van der Waals surface area contributed by atoms with Crippen LogP contribution in [-0.4, -0.2) is 26.4 Å². The van der Waals surface area contributed by atoms with Crippen molar-refractivity contribution in [3.05, 3.63) is 53.6 Å². The van der Waals surface area contributed by atoms with E-state index in [9.17, 15) is 0 Å². The van der Waals surface area contributed by atoms with E-state index in [0.717, 1.165) is 11.3 Å². The van der Waals surface area contributed by atoms with E-state index in [1.165, 1.54) is 5.56 Å². The Hall–Kier alpha value is -2.27. The minimum absolute atomic E-state index is 0.642. The van der Waals surface area contributed by atoms with Gasteiger partial charge in [0.05, 0.1) is 20.8 Å². The predicted molar refractivity (Wildman–Crippen MR) is 98.6 cm³/mol. The molecule has 122 valence electrons. The first-order valence-electron chi connectivity index (χ1n) is 7.36. The van der Waals surface area contributed by atoms with Crippen molar-refractivity contribution in [3.63, 3.8) is 0 Å². The van der Waals surface area contributed by atoms with Crippen LogP contribution in [0.15, 0.2) is 42.5 Å². The number of thiocarbonyl (C=S) groups is 1. The second-order valence-electron chi connectivity index (χ2n) is 5.17. The molecule has 0 fully saturated rings. The molecule has 0 aromatic heterocycles. The molecule has 0 saturated heterocycles. The highest BCUT2D eigenvalue weighted by atomic mass is 32.1. The van der Waals surface area contributed by atoms with Crippen LogP contribution in [-0.2, 0) is 6.54 Å². The lowest BCUT2D eigenvalue weighted by Crippen LogP contribution is -2.37. The van der Waals surface area contributed by atoms with Crippen molar-refractivity contribution >= 4 is 23.0 Å². The Labute approximate surface area is 143 Å². The molecule has 0 radical (unpaired) electrons. The van der Waals surface area contributed by atoms with E-state index in [1.807, 2.05) is 25.2 Å². The Morgan fingerprint density at radius 1 is 1.04 bits per heavy atom. The number of aryl methyl sites for hydroxylation is 1. The van der Waals surface area contributed by atoms with Crippen LogP contribution in [0.3, 0.4) is 0 Å². The molecule has 0 heterocycles. The number of benzene rings is 2. The van der Waals surface area contributed by atoms with Crippen molar-refractivity contribution in [2.24, 2.45) is 0 Å². The zero-order valence-corrected chi connectivity index (χ0v) is 14.7. The average molecular weight is 330 g/mol. The monoisotopic (exact) mass is 330 g/mol. The van der Waals surface area contributed by atoms with Crippen LogP contribution in [0.1, 0.15) is 11.1 Å². The van der Waals surface area contributed by atoms with Gasteiger partial charge in [0.2, 0.25) is 0 Å². The quantitative estimate of drug-likeness (QED) is 0.848. The molecule has 4 nitrogen and oxygen atoms in total. The fourth-order valence-corrected chi connectivity index (χ4v) is 2.47. The van der Waals surface area contributed by atoms with Gasteiger partial charge in [0.1, 0.15) is 0 Å². The summed E-state index contributed by atoms with van der Waals surface area (Å²) in [4.78, 5) is 2.05. The maximum atomic E-state index is 5.46. The SMILES string of the molecule is CNC(=S)N(Cc1ccc(OC)c(OC)c1)c1ccc(C)cc1. The van der Waals surface area contributed by atoms with Gasteiger partial charge in [-0.1, -0.05) is 23.8 Å². The number of nitrogens with one attached hydrogen (secondary N) is 1. The highest BCUT2D eigenvalue weighted by Crippen LogP contribution is 2.29. The molecule has 2 aromatic rings. The van der Waals surface area contributed by atoms with Gasteiger partial charge in [0.15, 0.2) is 16.6 Å². The first kappa shape index (κ1) is 17.1. The van der Waals surface area contributed by atoms with Gasteiger partial charge in [0.25, 0.3) is 0 Å². The Morgan fingerprint density at radius 2 is 1.70 bits per heavy atom. The summed E-state index contributed by atoms with van der Waals surface area (Å²) < 4.78 is 10.7. The summed E-state index contributed by atoms with van der Waals surface area (Å²) in [5.74, 6) is 1.43. The Morgan fingerprint density at radius 3 is 2.26 bits per heavy atom. The molecule has 0 atom stereocenters. The molecule has 5 heteroatoms. The molecule has 0 spiro atoms. The molecule has 23 heavy (non-hydrogen) atoms. The zero-order valence-electron chi connectivity index (χ0n) is 13.9. The third kappa shape index (κ3) is 4.13. The molecule has 0 saturated carbocycles. The fraction of sp³-hybridized carbons (Fsp3) is 0.278. The molecular formula is C18H22N2O2S. The molecular weight excluding hydrogens is 308 g/mol.